The number of rotatable bonds is 8. The number of aromatic nitrogens is 3. The van der Waals surface area contributed by atoms with Gasteiger partial charge in [0.2, 0.25) is 5.91 Å². The highest BCUT2D eigenvalue weighted by Crippen LogP contribution is 2.44. The van der Waals surface area contributed by atoms with Crippen molar-refractivity contribution in [3.05, 3.63) is 65.9 Å². The second-order valence-corrected chi connectivity index (χ2v) is 11.0. The Morgan fingerprint density at radius 2 is 1.80 bits per heavy atom. The molecular formula is C28H29F3N6O3. The molecule has 0 spiro atoms. The van der Waals surface area contributed by atoms with Gasteiger partial charge in [-0.1, -0.05) is 17.3 Å². The van der Waals surface area contributed by atoms with Crippen LogP contribution in [0.15, 0.2) is 53.3 Å². The Bertz CT molecular complexity index is 1370. The first kappa shape index (κ1) is 26.4. The van der Waals surface area contributed by atoms with Gasteiger partial charge in [-0.25, -0.2) is 9.97 Å². The fourth-order valence-corrected chi connectivity index (χ4v) is 5.28. The van der Waals surface area contributed by atoms with Gasteiger partial charge in [-0.2, -0.15) is 13.2 Å². The van der Waals surface area contributed by atoms with Crippen LogP contribution in [-0.2, 0) is 16.5 Å². The lowest BCUT2D eigenvalue weighted by Gasteiger charge is -2.38. The molecule has 3 aromatic rings. The molecule has 2 saturated carbocycles. The van der Waals surface area contributed by atoms with Gasteiger partial charge in [0, 0.05) is 49.7 Å². The third kappa shape index (κ3) is 5.72. The Labute approximate surface area is 228 Å². The van der Waals surface area contributed by atoms with E-state index in [1.165, 1.54) is 31.0 Å². The summed E-state index contributed by atoms with van der Waals surface area (Å²) < 4.78 is 43.9. The molecule has 3 aliphatic rings. The molecule has 2 atom stereocenters. The molecule has 2 aliphatic carbocycles. The van der Waals surface area contributed by atoms with Crippen LogP contribution in [0.3, 0.4) is 0 Å². The average molecular weight is 555 g/mol. The summed E-state index contributed by atoms with van der Waals surface area (Å²) in [7, 11) is 0. The number of hydrogen-bond donors (Lipinski definition) is 2. The van der Waals surface area contributed by atoms with E-state index in [9.17, 15) is 22.8 Å². The molecule has 3 heterocycles. The second kappa shape index (κ2) is 10.3. The lowest BCUT2D eigenvalue weighted by atomic mass is 9.90. The van der Waals surface area contributed by atoms with Crippen LogP contribution in [-0.4, -0.2) is 57.5 Å². The van der Waals surface area contributed by atoms with E-state index in [0.717, 1.165) is 38.1 Å². The van der Waals surface area contributed by atoms with Crippen molar-refractivity contribution in [3.63, 3.8) is 0 Å². The maximum atomic E-state index is 13.6. The molecule has 9 nitrogen and oxygen atoms in total. The van der Waals surface area contributed by atoms with Gasteiger partial charge >= 0.3 is 6.18 Å². The molecule has 40 heavy (non-hydrogen) atoms. The van der Waals surface area contributed by atoms with Gasteiger partial charge in [-0.05, 0) is 56.2 Å². The molecule has 0 radical (unpaired) electrons. The van der Waals surface area contributed by atoms with Crippen molar-refractivity contribution in [2.24, 2.45) is 11.8 Å². The third-order valence-electron chi connectivity index (χ3n) is 7.91. The minimum atomic E-state index is -4.45. The standard InChI is InChI=1S/C28H29F3N6O3/c29-28(30,31)19-6-4-18(5-7-19)23-14-22(36-40-23)25(39)34-21-8-13-37(15-17-2-3-17)16-20(21)24(38)35-27(9-10-27)26-32-11-1-12-33-26/h1,4-7,11-12,14,17,20-21H,2-3,8-10,13,15-16H2,(H,34,39)(H,35,38). The maximum Gasteiger partial charge on any atom is 0.416 e. The number of alkyl halides is 3. The van der Waals surface area contributed by atoms with E-state index < -0.39 is 35.1 Å². The minimum absolute atomic E-state index is 0.00850. The van der Waals surface area contributed by atoms with Gasteiger partial charge in [0.25, 0.3) is 5.91 Å². The molecule has 0 bridgehead atoms. The van der Waals surface area contributed by atoms with Crippen molar-refractivity contribution in [1.82, 2.24) is 30.7 Å². The number of likely N-dealkylation sites (tertiary alicyclic amines) is 1. The summed E-state index contributed by atoms with van der Waals surface area (Å²) in [6.45, 7) is 2.22. The number of nitrogens with zero attached hydrogens (tertiary/aromatic N) is 4. The Hall–Kier alpha value is -3.80. The molecule has 12 heteroatoms. The molecule has 210 valence electrons. The lowest BCUT2D eigenvalue weighted by Crippen LogP contribution is -2.57. The van der Waals surface area contributed by atoms with E-state index >= 15 is 0 Å². The molecule has 2 aromatic heterocycles. The van der Waals surface area contributed by atoms with Gasteiger partial charge < -0.3 is 20.1 Å². The zero-order valence-electron chi connectivity index (χ0n) is 21.7. The predicted octanol–water partition coefficient (Wildman–Crippen LogP) is 3.79. The van der Waals surface area contributed by atoms with E-state index in [4.69, 9.17) is 4.52 Å². The molecule has 6 rings (SSSR count). The Kier molecular flexibility index (Phi) is 6.81. The molecule has 1 saturated heterocycles. The summed E-state index contributed by atoms with van der Waals surface area (Å²) in [6.07, 6.45) is 3.38. The maximum absolute atomic E-state index is 13.6. The number of amides is 2. The van der Waals surface area contributed by atoms with Crippen LogP contribution in [0.2, 0.25) is 0 Å². The summed E-state index contributed by atoms with van der Waals surface area (Å²) in [5, 5.41) is 9.97. The van der Waals surface area contributed by atoms with Crippen LogP contribution in [0.1, 0.15) is 54.0 Å². The zero-order chi connectivity index (χ0) is 27.9. The van der Waals surface area contributed by atoms with Crippen molar-refractivity contribution >= 4 is 11.8 Å². The summed E-state index contributed by atoms with van der Waals surface area (Å²) in [4.78, 5) is 37.8. The molecule has 1 aliphatic heterocycles. The number of benzene rings is 1. The number of hydrogen-bond acceptors (Lipinski definition) is 7. The van der Waals surface area contributed by atoms with Crippen LogP contribution in [0, 0.1) is 11.8 Å². The van der Waals surface area contributed by atoms with Crippen LogP contribution in [0.4, 0.5) is 13.2 Å². The molecule has 1 aromatic carbocycles. The first-order chi connectivity index (χ1) is 19.2. The van der Waals surface area contributed by atoms with Crippen LogP contribution >= 0.6 is 0 Å². The lowest BCUT2D eigenvalue weighted by molar-refractivity contribution is -0.137. The SMILES string of the molecule is O=C(NC1CCN(CC2CC2)CC1C(=O)NC1(c2ncccn2)CC1)c1cc(-c2ccc(C(F)(F)F)cc2)on1. The van der Waals surface area contributed by atoms with E-state index in [1.54, 1.807) is 18.5 Å². The number of carbonyl (C=O) groups excluding carboxylic acids is 2. The Morgan fingerprint density at radius 1 is 1.07 bits per heavy atom. The smallest absolute Gasteiger partial charge is 0.355 e. The number of halogens is 3. The number of carbonyl (C=O) groups is 2. The van der Waals surface area contributed by atoms with Crippen molar-refractivity contribution < 1.29 is 27.3 Å². The van der Waals surface area contributed by atoms with Crippen LogP contribution in [0.5, 0.6) is 0 Å². The minimum Gasteiger partial charge on any atom is -0.355 e. The largest absolute Gasteiger partial charge is 0.416 e. The average Bonchev–Trinajstić information content (AvgIpc) is 3.87. The highest BCUT2D eigenvalue weighted by Gasteiger charge is 2.50. The van der Waals surface area contributed by atoms with Crippen molar-refractivity contribution in [2.75, 3.05) is 19.6 Å². The van der Waals surface area contributed by atoms with Crippen LogP contribution < -0.4 is 10.6 Å². The Balaban J connectivity index is 1.15. The van der Waals surface area contributed by atoms with Crippen molar-refractivity contribution in [1.29, 1.82) is 0 Å². The first-order valence-electron chi connectivity index (χ1n) is 13.5. The van der Waals surface area contributed by atoms with Crippen molar-refractivity contribution in [3.8, 4) is 11.3 Å². The topological polar surface area (TPSA) is 113 Å². The highest BCUT2D eigenvalue weighted by atomic mass is 19.4. The molecule has 2 unspecified atom stereocenters. The first-order valence-corrected chi connectivity index (χ1v) is 13.5. The fraction of sp³-hybridized carbons (Fsp3) is 0.464. The van der Waals surface area contributed by atoms with E-state index in [0.29, 0.717) is 30.3 Å². The van der Waals surface area contributed by atoms with Gasteiger partial charge in [0.15, 0.2) is 17.3 Å². The van der Waals surface area contributed by atoms with E-state index in [1.807, 2.05) is 0 Å². The summed E-state index contributed by atoms with van der Waals surface area (Å²) in [6, 6.07) is 7.13. The molecular weight excluding hydrogens is 525 g/mol. The molecule has 3 fully saturated rings. The van der Waals surface area contributed by atoms with Gasteiger partial charge in [0.1, 0.15) is 0 Å². The highest BCUT2D eigenvalue weighted by molar-refractivity contribution is 5.94. The second-order valence-electron chi connectivity index (χ2n) is 11.0. The third-order valence-corrected chi connectivity index (χ3v) is 7.91. The number of nitrogens with one attached hydrogen (secondary N) is 2. The normalized spacial score (nSPS) is 22.5. The number of piperidine rings is 1. The van der Waals surface area contributed by atoms with Gasteiger partial charge in [0.05, 0.1) is 17.0 Å². The molecule has 2 amide bonds. The van der Waals surface area contributed by atoms with E-state index in [-0.39, 0.29) is 17.4 Å². The zero-order valence-corrected chi connectivity index (χ0v) is 21.7. The Morgan fingerprint density at radius 3 is 2.45 bits per heavy atom. The predicted molar refractivity (Wildman–Crippen MR) is 137 cm³/mol. The van der Waals surface area contributed by atoms with Gasteiger partial charge in [-0.3, -0.25) is 9.59 Å². The molecule has 2 N–H and O–H groups in total. The monoisotopic (exact) mass is 554 g/mol. The fourth-order valence-electron chi connectivity index (χ4n) is 5.28. The van der Waals surface area contributed by atoms with Crippen LogP contribution in [0.25, 0.3) is 11.3 Å². The quantitative estimate of drug-likeness (QED) is 0.436. The van der Waals surface area contributed by atoms with Crippen molar-refractivity contribution in [2.45, 2.75) is 49.9 Å². The van der Waals surface area contributed by atoms with Gasteiger partial charge in [-0.15, -0.1) is 0 Å². The summed E-state index contributed by atoms with van der Waals surface area (Å²) >= 11 is 0. The summed E-state index contributed by atoms with van der Waals surface area (Å²) in [5.41, 5.74) is -0.999. The van der Waals surface area contributed by atoms with E-state index in [2.05, 4.69) is 30.7 Å². The summed E-state index contributed by atoms with van der Waals surface area (Å²) in [5.74, 6) is 0.285.